The molecule has 0 aromatic heterocycles. The van der Waals surface area contributed by atoms with Gasteiger partial charge < -0.3 is 18.9 Å². The van der Waals surface area contributed by atoms with E-state index >= 15 is 0 Å². The molecule has 5 heteroatoms. The fourth-order valence-electron chi connectivity index (χ4n) is 4.10. The van der Waals surface area contributed by atoms with E-state index in [2.05, 4.69) is 63.9 Å². The summed E-state index contributed by atoms with van der Waals surface area (Å²) in [6.45, 7) is 13.4. The molecule has 0 saturated heterocycles. The minimum absolute atomic E-state index is 0.533. The van der Waals surface area contributed by atoms with Crippen molar-refractivity contribution in [1.82, 2.24) is 4.90 Å². The second-order valence-corrected chi connectivity index (χ2v) is 8.23. The highest BCUT2D eigenvalue weighted by Crippen LogP contribution is 2.30. The summed E-state index contributed by atoms with van der Waals surface area (Å²) in [7, 11) is 2.14. The minimum atomic E-state index is 0.533. The molecule has 1 heterocycles. The maximum Gasteiger partial charge on any atom is 0.126 e. The van der Waals surface area contributed by atoms with E-state index in [4.69, 9.17) is 18.9 Å². The molecule has 30 heavy (non-hydrogen) atoms. The van der Waals surface area contributed by atoms with Crippen LogP contribution >= 0.6 is 0 Å². The third kappa shape index (κ3) is 6.21. The van der Waals surface area contributed by atoms with E-state index in [0.29, 0.717) is 39.6 Å². The number of aryl methyl sites for hydroxylation is 4. The number of hydrogen-bond donors (Lipinski definition) is 0. The van der Waals surface area contributed by atoms with Crippen molar-refractivity contribution in [3.8, 4) is 11.5 Å². The molecule has 2 aromatic rings. The van der Waals surface area contributed by atoms with Crippen molar-refractivity contribution in [2.24, 2.45) is 0 Å². The van der Waals surface area contributed by atoms with E-state index in [1.807, 2.05) is 0 Å². The lowest BCUT2D eigenvalue weighted by molar-refractivity contribution is 0.0271. The van der Waals surface area contributed by atoms with Crippen LogP contribution in [0.15, 0.2) is 24.3 Å². The molecule has 164 valence electrons. The molecule has 0 spiro atoms. The van der Waals surface area contributed by atoms with Crippen molar-refractivity contribution < 1.29 is 18.9 Å². The van der Waals surface area contributed by atoms with Gasteiger partial charge in [0.15, 0.2) is 0 Å². The van der Waals surface area contributed by atoms with Gasteiger partial charge in [-0.1, -0.05) is 35.4 Å². The predicted octanol–water partition coefficient (Wildman–Crippen LogP) is 4.36. The summed E-state index contributed by atoms with van der Waals surface area (Å²) in [6, 6.07) is 8.79. The van der Waals surface area contributed by atoms with Gasteiger partial charge in [0.1, 0.15) is 24.7 Å². The van der Waals surface area contributed by atoms with Crippen LogP contribution in [0.25, 0.3) is 0 Å². The second kappa shape index (κ2) is 10.8. The first-order chi connectivity index (χ1) is 14.4. The van der Waals surface area contributed by atoms with Gasteiger partial charge in [-0.15, -0.1) is 0 Å². The molecule has 1 aliphatic rings. The third-order valence-electron chi connectivity index (χ3n) is 5.19. The fourth-order valence-corrected chi connectivity index (χ4v) is 4.10. The Morgan fingerprint density at radius 3 is 1.43 bits per heavy atom. The van der Waals surface area contributed by atoms with Crippen LogP contribution in [0.3, 0.4) is 0 Å². The van der Waals surface area contributed by atoms with E-state index in [1.54, 1.807) is 0 Å². The maximum atomic E-state index is 6.14. The molecule has 0 atom stereocenters. The number of hydrogen-bond acceptors (Lipinski definition) is 5. The number of rotatable bonds is 0. The van der Waals surface area contributed by atoms with Crippen molar-refractivity contribution in [3.05, 3.63) is 57.6 Å². The van der Waals surface area contributed by atoms with Gasteiger partial charge in [0.05, 0.1) is 26.4 Å². The van der Waals surface area contributed by atoms with Crippen molar-refractivity contribution >= 4 is 0 Å². The van der Waals surface area contributed by atoms with Gasteiger partial charge in [-0.3, -0.25) is 4.90 Å². The predicted molar refractivity (Wildman–Crippen MR) is 120 cm³/mol. The zero-order chi connectivity index (χ0) is 21.5. The molecule has 0 aliphatic carbocycles. The zero-order valence-corrected chi connectivity index (χ0v) is 19.0. The Balaban J connectivity index is 1.88. The molecule has 0 fully saturated rings. The van der Waals surface area contributed by atoms with Gasteiger partial charge in [0.25, 0.3) is 0 Å². The highest BCUT2D eigenvalue weighted by Gasteiger charge is 2.15. The molecule has 0 saturated carbocycles. The number of benzene rings is 2. The Morgan fingerprint density at radius 2 is 1.00 bits per heavy atom. The lowest BCUT2D eigenvalue weighted by Crippen LogP contribution is -2.20. The number of nitrogens with zero attached hydrogens (tertiary/aromatic N) is 1. The van der Waals surface area contributed by atoms with Crippen LogP contribution in [-0.4, -0.2) is 51.6 Å². The lowest BCUT2D eigenvalue weighted by Gasteiger charge is -2.23. The Morgan fingerprint density at radius 1 is 0.600 bits per heavy atom. The summed E-state index contributed by atoms with van der Waals surface area (Å²) in [5, 5.41) is 0. The van der Waals surface area contributed by atoms with Crippen LogP contribution in [0.2, 0.25) is 0 Å². The summed E-state index contributed by atoms with van der Waals surface area (Å²) in [5.74, 6) is 1.93. The third-order valence-corrected chi connectivity index (χ3v) is 5.19. The standard InChI is InChI=1S/C25H35NO4/c1-18-12-20(3)24-22(14-18)16-26(5)17-23-15-19(2)13-21(4)25(23)30-11-9-28-7-6-27-8-10-29-24/h12-15H,6-11,16-17H2,1-5H3. The average Bonchev–Trinajstić information content (AvgIpc) is 2.65. The summed E-state index contributed by atoms with van der Waals surface area (Å²) < 4.78 is 23.6. The van der Waals surface area contributed by atoms with E-state index in [0.717, 1.165) is 35.7 Å². The Kier molecular flexibility index (Phi) is 8.14. The summed E-state index contributed by atoms with van der Waals surface area (Å²) in [5.41, 5.74) is 7.23. The van der Waals surface area contributed by atoms with Crippen LogP contribution in [0.1, 0.15) is 33.4 Å². The zero-order valence-electron chi connectivity index (χ0n) is 19.0. The van der Waals surface area contributed by atoms with Crippen molar-refractivity contribution in [2.45, 2.75) is 40.8 Å². The van der Waals surface area contributed by atoms with Crippen molar-refractivity contribution in [3.63, 3.8) is 0 Å². The van der Waals surface area contributed by atoms with Gasteiger partial charge in [-0.2, -0.15) is 0 Å². The van der Waals surface area contributed by atoms with Gasteiger partial charge >= 0.3 is 0 Å². The molecule has 1 aliphatic heterocycles. The molecule has 0 radical (unpaired) electrons. The molecule has 0 bridgehead atoms. The number of ether oxygens (including phenoxy) is 4. The van der Waals surface area contributed by atoms with E-state index in [-0.39, 0.29) is 0 Å². The van der Waals surface area contributed by atoms with E-state index in [1.165, 1.54) is 22.3 Å². The average molecular weight is 414 g/mol. The normalized spacial score (nSPS) is 17.2. The minimum Gasteiger partial charge on any atom is -0.491 e. The van der Waals surface area contributed by atoms with Crippen LogP contribution in [-0.2, 0) is 22.6 Å². The van der Waals surface area contributed by atoms with Gasteiger partial charge in [0, 0.05) is 24.2 Å². The maximum absolute atomic E-state index is 6.14. The van der Waals surface area contributed by atoms with Crippen LogP contribution < -0.4 is 9.47 Å². The van der Waals surface area contributed by atoms with E-state index < -0.39 is 0 Å². The first-order valence-corrected chi connectivity index (χ1v) is 10.7. The lowest BCUT2D eigenvalue weighted by atomic mass is 10.0. The Bertz CT molecular complexity index is 780. The van der Waals surface area contributed by atoms with Gasteiger partial charge in [0.2, 0.25) is 0 Å². The molecule has 2 aromatic carbocycles. The fraction of sp³-hybridized carbons (Fsp3) is 0.520. The quantitative estimate of drug-likeness (QED) is 0.642. The Hall–Kier alpha value is -2.08. The smallest absolute Gasteiger partial charge is 0.126 e. The van der Waals surface area contributed by atoms with Crippen molar-refractivity contribution in [1.29, 1.82) is 0 Å². The monoisotopic (exact) mass is 413 g/mol. The molecule has 0 amide bonds. The molecular formula is C25H35NO4. The summed E-state index contributed by atoms with van der Waals surface area (Å²) in [4.78, 5) is 2.31. The van der Waals surface area contributed by atoms with Crippen LogP contribution in [0.4, 0.5) is 0 Å². The molecule has 3 rings (SSSR count). The summed E-state index contributed by atoms with van der Waals surface area (Å²) >= 11 is 0. The highest BCUT2D eigenvalue weighted by molar-refractivity contribution is 5.45. The second-order valence-electron chi connectivity index (χ2n) is 8.23. The van der Waals surface area contributed by atoms with Gasteiger partial charge in [-0.25, -0.2) is 0 Å². The first kappa shape index (κ1) is 22.6. The topological polar surface area (TPSA) is 40.2 Å². The molecule has 5 nitrogen and oxygen atoms in total. The SMILES string of the molecule is Cc1cc(C)c2c(c1)CN(C)Cc1cc(C)cc(C)c1OCCOCCOCCO2. The molecule has 0 N–H and O–H groups in total. The van der Waals surface area contributed by atoms with Crippen molar-refractivity contribution in [2.75, 3.05) is 46.7 Å². The first-order valence-electron chi connectivity index (χ1n) is 10.7. The molecule has 0 unspecified atom stereocenters. The summed E-state index contributed by atoms with van der Waals surface area (Å²) in [6.07, 6.45) is 0. The Labute approximate surface area is 180 Å². The largest absolute Gasteiger partial charge is 0.491 e. The molecular weight excluding hydrogens is 378 g/mol. The van der Waals surface area contributed by atoms with E-state index in [9.17, 15) is 0 Å². The van der Waals surface area contributed by atoms with Gasteiger partial charge in [-0.05, 0) is 45.9 Å². The van der Waals surface area contributed by atoms with Crippen LogP contribution in [0, 0.1) is 27.7 Å². The highest BCUT2D eigenvalue weighted by atomic mass is 16.6. The van der Waals surface area contributed by atoms with Crippen LogP contribution in [0.5, 0.6) is 11.5 Å². The number of fused-ring (bicyclic) bond motifs is 2.